The molecule has 1 fully saturated rings. The second-order valence-corrected chi connectivity index (χ2v) is 7.79. The number of benzene rings is 2. The van der Waals surface area contributed by atoms with E-state index in [1.54, 1.807) is 28.8 Å². The number of thioether (sulfide) groups is 2. The first-order valence-corrected chi connectivity index (χ1v) is 9.80. The molecular weight excluding hydrogens is 369 g/mol. The number of aliphatic imine (C=N–C) groups is 1. The molecule has 0 aromatic heterocycles. The first kappa shape index (κ1) is 17.2. The monoisotopic (exact) mass is 385 g/mol. The van der Waals surface area contributed by atoms with Crippen molar-refractivity contribution in [2.45, 2.75) is 11.8 Å². The third kappa shape index (κ3) is 2.91. The smallest absolute Gasteiger partial charge is 0.269 e. The summed E-state index contributed by atoms with van der Waals surface area (Å²) < 4.78 is 13.1. The maximum Gasteiger partial charge on any atom is 0.269 e. The van der Waals surface area contributed by atoms with Crippen LogP contribution in [0.1, 0.15) is 6.92 Å². The van der Waals surface area contributed by atoms with Crippen LogP contribution in [0.5, 0.6) is 0 Å². The van der Waals surface area contributed by atoms with Gasteiger partial charge in [-0.25, -0.2) is 9.38 Å². The molecule has 0 unspecified atom stereocenters. The maximum absolute atomic E-state index is 13.1. The highest BCUT2D eigenvalue weighted by Gasteiger charge is 2.38. The number of rotatable bonds is 2. The van der Waals surface area contributed by atoms with Gasteiger partial charge in [-0.15, -0.1) is 0 Å². The molecule has 26 heavy (non-hydrogen) atoms. The van der Waals surface area contributed by atoms with Crippen molar-refractivity contribution in [2.24, 2.45) is 4.99 Å². The average Bonchev–Trinajstić information content (AvgIpc) is 3.14. The lowest BCUT2D eigenvalue weighted by molar-refractivity contribution is -0.122. The number of amides is 1. The molecule has 0 radical (unpaired) electrons. The van der Waals surface area contributed by atoms with E-state index in [9.17, 15) is 9.18 Å². The van der Waals surface area contributed by atoms with Gasteiger partial charge in [0.1, 0.15) is 10.7 Å². The molecule has 0 aliphatic carbocycles. The first-order chi connectivity index (χ1) is 12.6. The number of anilines is 1. The SMILES string of the molecule is CCN1C(=O)C(=C2Sc3ccccc3N2C)SC1=Nc1ccc(F)cc1. The van der Waals surface area contributed by atoms with Crippen LogP contribution in [-0.4, -0.2) is 29.6 Å². The highest BCUT2D eigenvalue weighted by Crippen LogP contribution is 2.49. The Morgan fingerprint density at radius 3 is 2.50 bits per heavy atom. The van der Waals surface area contributed by atoms with E-state index in [-0.39, 0.29) is 11.7 Å². The molecule has 4 rings (SSSR count). The Kier molecular flexibility index (Phi) is 4.50. The predicted molar refractivity (Wildman–Crippen MR) is 106 cm³/mol. The van der Waals surface area contributed by atoms with Crippen molar-refractivity contribution < 1.29 is 9.18 Å². The second kappa shape index (κ2) is 6.81. The van der Waals surface area contributed by atoms with Crippen LogP contribution < -0.4 is 4.90 Å². The Bertz CT molecular complexity index is 940. The lowest BCUT2D eigenvalue weighted by Crippen LogP contribution is -2.29. The molecule has 0 saturated carbocycles. The number of hydrogen-bond donors (Lipinski definition) is 0. The summed E-state index contributed by atoms with van der Waals surface area (Å²) in [6, 6.07) is 14.0. The normalized spacial score (nSPS) is 21.0. The van der Waals surface area contributed by atoms with Crippen LogP contribution in [-0.2, 0) is 4.79 Å². The summed E-state index contributed by atoms with van der Waals surface area (Å²) in [5.74, 6) is -0.346. The number of para-hydroxylation sites is 1. The van der Waals surface area contributed by atoms with Gasteiger partial charge in [-0.1, -0.05) is 23.9 Å². The van der Waals surface area contributed by atoms with Crippen LogP contribution >= 0.6 is 23.5 Å². The minimum Gasteiger partial charge on any atom is -0.337 e. The highest BCUT2D eigenvalue weighted by molar-refractivity contribution is 8.19. The van der Waals surface area contributed by atoms with Crippen molar-refractivity contribution >= 4 is 46.0 Å². The predicted octanol–water partition coefficient (Wildman–Crippen LogP) is 4.82. The van der Waals surface area contributed by atoms with Crippen molar-refractivity contribution in [1.82, 2.24) is 4.90 Å². The summed E-state index contributed by atoms with van der Waals surface area (Å²) in [5.41, 5.74) is 1.72. The van der Waals surface area contributed by atoms with E-state index in [0.717, 1.165) is 15.6 Å². The zero-order valence-corrected chi connectivity index (χ0v) is 15.9. The average molecular weight is 385 g/mol. The molecule has 2 heterocycles. The number of carbonyl (C=O) groups is 1. The Morgan fingerprint density at radius 1 is 1.08 bits per heavy atom. The van der Waals surface area contributed by atoms with E-state index in [1.165, 1.54) is 23.9 Å². The van der Waals surface area contributed by atoms with Crippen LogP contribution in [0.4, 0.5) is 15.8 Å². The van der Waals surface area contributed by atoms with Crippen LogP contribution in [0.3, 0.4) is 0 Å². The Labute approximate surface area is 159 Å². The number of amidine groups is 1. The highest BCUT2D eigenvalue weighted by atomic mass is 32.2. The van der Waals surface area contributed by atoms with E-state index < -0.39 is 0 Å². The molecule has 0 N–H and O–H groups in total. The molecule has 2 aromatic carbocycles. The second-order valence-electron chi connectivity index (χ2n) is 5.79. The van der Waals surface area contributed by atoms with E-state index in [0.29, 0.717) is 22.3 Å². The van der Waals surface area contributed by atoms with Gasteiger partial charge in [-0.2, -0.15) is 0 Å². The Morgan fingerprint density at radius 2 is 1.81 bits per heavy atom. The van der Waals surface area contributed by atoms with Gasteiger partial charge in [0.2, 0.25) is 0 Å². The van der Waals surface area contributed by atoms with Crippen molar-refractivity contribution in [3.8, 4) is 0 Å². The number of fused-ring (bicyclic) bond motifs is 1. The number of likely N-dealkylation sites (N-methyl/N-ethyl adjacent to an activating group) is 1. The zero-order chi connectivity index (χ0) is 18.3. The van der Waals surface area contributed by atoms with Gasteiger partial charge in [-0.05, 0) is 55.1 Å². The van der Waals surface area contributed by atoms with Gasteiger partial charge in [-0.3, -0.25) is 9.69 Å². The molecule has 1 saturated heterocycles. The fourth-order valence-electron chi connectivity index (χ4n) is 2.82. The molecule has 132 valence electrons. The van der Waals surface area contributed by atoms with E-state index in [4.69, 9.17) is 0 Å². The summed E-state index contributed by atoms with van der Waals surface area (Å²) in [6.07, 6.45) is 0. The number of hydrogen-bond acceptors (Lipinski definition) is 5. The van der Waals surface area contributed by atoms with Gasteiger partial charge in [0.25, 0.3) is 5.91 Å². The fraction of sp³-hybridized carbons (Fsp3) is 0.158. The van der Waals surface area contributed by atoms with Crippen molar-refractivity contribution in [3.63, 3.8) is 0 Å². The van der Waals surface area contributed by atoms with Crippen LogP contribution in [0.2, 0.25) is 0 Å². The zero-order valence-electron chi connectivity index (χ0n) is 14.3. The van der Waals surface area contributed by atoms with Crippen LogP contribution in [0.15, 0.2) is 68.4 Å². The third-order valence-electron chi connectivity index (χ3n) is 4.16. The summed E-state index contributed by atoms with van der Waals surface area (Å²) in [6.45, 7) is 2.45. The minimum atomic E-state index is -0.305. The lowest BCUT2D eigenvalue weighted by Gasteiger charge is -2.15. The summed E-state index contributed by atoms with van der Waals surface area (Å²) in [7, 11) is 1.97. The number of halogens is 1. The van der Waals surface area contributed by atoms with Crippen molar-refractivity contribution in [2.75, 3.05) is 18.5 Å². The Balaban J connectivity index is 1.72. The van der Waals surface area contributed by atoms with Crippen molar-refractivity contribution in [1.29, 1.82) is 0 Å². The topological polar surface area (TPSA) is 35.9 Å². The molecular formula is C19H16FN3OS2. The number of nitrogens with zero attached hydrogens (tertiary/aromatic N) is 3. The molecule has 0 bridgehead atoms. The van der Waals surface area contributed by atoms with Gasteiger partial charge >= 0.3 is 0 Å². The first-order valence-electron chi connectivity index (χ1n) is 8.17. The summed E-state index contributed by atoms with van der Waals surface area (Å²) in [4.78, 5) is 23.0. The van der Waals surface area contributed by atoms with Gasteiger partial charge in [0.15, 0.2) is 5.17 Å². The van der Waals surface area contributed by atoms with Gasteiger partial charge < -0.3 is 4.90 Å². The van der Waals surface area contributed by atoms with Gasteiger partial charge in [0.05, 0.1) is 16.4 Å². The molecule has 7 heteroatoms. The molecule has 1 amide bonds. The number of carbonyl (C=O) groups excluding carboxylic acids is 1. The largest absolute Gasteiger partial charge is 0.337 e. The fourth-order valence-corrected chi connectivity index (χ4v) is 5.23. The molecule has 4 nitrogen and oxygen atoms in total. The lowest BCUT2D eigenvalue weighted by atomic mass is 10.3. The third-order valence-corrected chi connectivity index (χ3v) is 6.60. The Hall–Kier alpha value is -2.25. The van der Waals surface area contributed by atoms with E-state index in [1.807, 2.05) is 32.2 Å². The standard InChI is InChI=1S/C19H16FN3OS2/c1-3-23-17(24)16(18-22(2)14-6-4-5-7-15(14)25-18)26-19(23)21-13-10-8-12(20)9-11-13/h4-11H,3H2,1-2H3. The quantitative estimate of drug-likeness (QED) is 0.695. The van der Waals surface area contributed by atoms with Crippen molar-refractivity contribution in [3.05, 3.63) is 64.3 Å². The van der Waals surface area contributed by atoms with E-state index >= 15 is 0 Å². The molecule has 0 atom stereocenters. The maximum atomic E-state index is 13.1. The van der Waals surface area contributed by atoms with Crippen LogP contribution in [0, 0.1) is 5.82 Å². The molecule has 2 aliphatic heterocycles. The molecule has 2 aromatic rings. The molecule has 2 aliphatic rings. The van der Waals surface area contributed by atoms with E-state index in [2.05, 4.69) is 16.0 Å². The summed E-state index contributed by atoms with van der Waals surface area (Å²) >= 11 is 2.97. The minimum absolute atomic E-state index is 0.0412. The summed E-state index contributed by atoms with van der Waals surface area (Å²) in [5, 5.41) is 1.54. The van der Waals surface area contributed by atoms with Gasteiger partial charge in [0, 0.05) is 18.5 Å². The van der Waals surface area contributed by atoms with Crippen LogP contribution in [0.25, 0.3) is 0 Å². The molecule has 0 spiro atoms.